The third kappa shape index (κ3) is 5.72. The Balaban J connectivity index is 1.34. The number of nitrogens with zero attached hydrogens (tertiary/aromatic N) is 4. The largest absolute Gasteiger partial charge is 0.342 e. The summed E-state index contributed by atoms with van der Waals surface area (Å²) >= 11 is 12.4. The standard InChI is InChI=1S/C30H34Cl2F2N4O/c1-18-13-28(38(35-18)21-6-8-25(31)26(32)15-21)19-9-11-36(12-10-19)29(39)24-17-37(30(2,3)4)16-23(24)22-7-5-20(33)14-27(22)34/h5-8,13-15,19,23-24H,9-12,16-17H2,1-4H3/t23?,24-/m0/s1. The predicted octanol–water partition coefficient (Wildman–Crippen LogP) is 6.99. The van der Waals surface area contributed by atoms with E-state index < -0.39 is 11.6 Å². The van der Waals surface area contributed by atoms with E-state index in [1.807, 2.05) is 28.6 Å². The summed E-state index contributed by atoms with van der Waals surface area (Å²) < 4.78 is 30.4. The van der Waals surface area contributed by atoms with Crippen LogP contribution in [0.15, 0.2) is 42.5 Å². The van der Waals surface area contributed by atoms with E-state index in [9.17, 15) is 13.6 Å². The molecule has 9 heteroatoms. The zero-order chi connectivity index (χ0) is 28.1. The van der Waals surface area contributed by atoms with Gasteiger partial charge in [-0.1, -0.05) is 29.3 Å². The van der Waals surface area contributed by atoms with Crippen LogP contribution < -0.4 is 0 Å². The van der Waals surface area contributed by atoms with Crippen molar-refractivity contribution in [3.05, 3.63) is 81.1 Å². The van der Waals surface area contributed by atoms with Crippen molar-refractivity contribution in [2.24, 2.45) is 5.92 Å². The number of hydrogen-bond donors (Lipinski definition) is 0. The molecule has 3 heterocycles. The van der Waals surface area contributed by atoms with Crippen molar-refractivity contribution in [1.82, 2.24) is 19.6 Å². The maximum atomic E-state index is 14.9. The smallest absolute Gasteiger partial charge is 0.227 e. The van der Waals surface area contributed by atoms with Gasteiger partial charge in [0.1, 0.15) is 11.6 Å². The van der Waals surface area contributed by atoms with E-state index in [1.165, 1.54) is 12.1 Å². The van der Waals surface area contributed by atoms with Crippen LogP contribution in [-0.4, -0.2) is 57.2 Å². The molecule has 0 N–H and O–H groups in total. The summed E-state index contributed by atoms with van der Waals surface area (Å²) in [7, 11) is 0. The van der Waals surface area contributed by atoms with Crippen molar-refractivity contribution in [1.29, 1.82) is 0 Å². The van der Waals surface area contributed by atoms with Gasteiger partial charge in [-0.3, -0.25) is 9.69 Å². The number of likely N-dealkylation sites (tertiary alicyclic amines) is 2. The molecule has 2 aliphatic heterocycles. The van der Waals surface area contributed by atoms with E-state index in [-0.39, 0.29) is 29.2 Å². The minimum Gasteiger partial charge on any atom is -0.342 e. The molecule has 2 atom stereocenters. The van der Waals surface area contributed by atoms with Crippen molar-refractivity contribution in [3.63, 3.8) is 0 Å². The molecule has 2 saturated heterocycles. The number of halogens is 4. The minimum atomic E-state index is -0.609. The van der Waals surface area contributed by atoms with Gasteiger partial charge < -0.3 is 4.90 Å². The number of benzene rings is 2. The summed E-state index contributed by atoms with van der Waals surface area (Å²) in [6.45, 7) is 10.6. The van der Waals surface area contributed by atoms with Gasteiger partial charge in [0.25, 0.3) is 0 Å². The van der Waals surface area contributed by atoms with Gasteiger partial charge in [-0.05, 0) is 76.4 Å². The number of rotatable bonds is 4. The average Bonchev–Trinajstić information content (AvgIpc) is 3.50. The van der Waals surface area contributed by atoms with Gasteiger partial charge in [-0.25, -0.2) is 13.5 Å². The molecule has 0 radical (unpaired) electrons. The monoisotopic (exact) mass is 574 g/mol. The third-order valence-corrected chi connectivity index (χ3v) is 8.92. The molecule has 39 heavy (non-hydrogen) atoms. The van der Waals surface area contributed by atoms with Gasteiger partial charge in [0, 0.05) is 55.3 Å². The molecule has 5 nitrogen and oxygen atoms in total. The van der Waals surface area contributed by atoms with E-state index in [0.717, 1.165) is 36.0 Å². The summed E-state index contributed by atoms with van der Waals surface area (Å²) in [5.41, 5.74) is 3.09. The maximum absolute atomic E-state index is 14.9. The number of aryl methyl sites for hydroxylation is 1. The molecule has 0 saturated carbocycles. The lowest BCUT2D eigenvalue weighted by molar-refractivity contribution is -0.136. The van der Waals surface area contributed by atoms with Gasteiger partial charge in [-0.2, -0.15) is 5.10 Å². The fourth-order valence-corrected chi connectivity index (χ4v) is 6.28. The summed E-state index contributed by atoms with van der Waals surface area (Å²) in [5.74, 6) is -1.63. The zero-order valence-corrected chi connectivity index (χ0v) is 24.2. The fourth-order valence-electron chi connectivity index (χ4n) is 5.98. The highest BCUT2D eigenvalue weighted by Crippen LogP contribution is 2.40. The van der Waals surface area contributed by atoms with Crippen LogP contribution in [-0.2, 0) is 4.79 Å². The number of piperidine rings is 1. The Labute approximate surface area is 238 Å². The third-order valence-electron chi connectivity index (χ3n) is 8.18. The molecule has 3 aromatic rings. The molecule has 2 fully saturated rings. The topological polar surface area (TPSA) is 41.4 Å². The van der Waals surface area contributed by atoms with Crippen LogP contribution in [0.3, 0.4) is 0 Å². The van der Waals surface area contributed by atoms with Gasteiger partial charge in [0.15, 0.2) is 0 Å². The Hall–Kier alpha value is -2.48. The summed E-state index contributed by atoms with van der Waals surface area (Å²) in [6.07, 6.45) is 1.59. The highest BCUT2D eigenvalue weighted by atomic mass is 35.5. The van der Waals surface area contributed by atoms with Crippen molar-refractivity contribution in [2.75, 3.05) is 26.2 Å². The van der Waals surface area contributed by atoms with Crippen LogP contribution in [0.2, 0.25) is 10.0 Å². The Morgan fingerprint density at radius 3 is 2.33 bits per heavy atom. The lowest BCUT2D eigenvalue weighted by Crippen LogP contribution is -2.44. The van der Waals surface area contributed by atoms with Crippen molar-refractivity contribution < 1.29 is 13.6 Å². The molecule has 1 unspecified atom stereocenters. The average molecular weight is 576 g/mol. The Morgan fingerprint density at radius 1 is 0.974 bits per heavy atom. The quantitative estimate of drug-likeness (QED) is 0.337. The fraction of sp³-hybridized carbons (Fsp3) is 0.467. The molecule has 2 aliphatic rings. The van der Waals surface area contributed by atoms with Crippen LogP contribution in [0, 0.1) is 24.5 Å². The van der Waals surface area contributed by atoms with E-state index in [1.54, 1.807) is 6.07 Å². The zero-order valence-electron chi connectivity index (χ0n) is 22.7. The number of hydrogen-bond acceptors (Lipinski definition) is 3. The van der Waals surface area contributed by atoms with Crippen molar-refractivity contribution >= 4 is 29.1 Å². The highest BCUT2D eigenvalue weighted by Gasteiger charge is 2.44. The molecule has 1 aromatic heterocycles. The summed E-state index contributed by atoms with van der Waals surface area (Å²) in [6, 6.07) is 11.3. The molecule has 5 rings (SSSR count). The van der Waals surface area contributed by atoms with Gasteiger partial charge in [-0.15, -0.1) is 0 Å². The van der Waals surface area contributed by atoms with Crippen LogP contribution >= 0.6 is 23.2 Å². The first-order chi connectivity index (χ1) is 18.4. The second-order valence-corrected chi connectivity index (χ2v) is 12.6. The highest BCUT2D eigenvalue weighted by molar-refractivity contribution is 6.42. The molecular formula is C30H34Cl2F2N4O. The van der Waals surface area contributed by atoms with Gasteiger partial charge in [0.05, 0.1) is 27.3 Å². The van der Waals surface area contributed by atoms with Crippen molar-refractivity contribution in [2.45, 2.75) is 57.9 Å². The lowest BCUT2D eigenvalue weighted by Gasteiger charge is -2.35. The van der Waals surface area contributed by atoms with E-state index in [0.29, 0.717) is 41.8 Å². The molecule has 0 spiro atoms. The van der Waals surface area contributed by atoms with E-state index in [2.05, 4.69) is 31.7 Å². The Morgan fingerprint density at radius 2 is 1.69 bits per heavy atom. The first-order valence-corrected chi connectivity index (χ1v) is 14.2. The van der Waals surface area contributed by atoms with Crippen LogP contribution in [0.25, 0.3) is 5.69 Å². The first-order valence-electron chi connectivity index (χ1n) is 13.4. The Kier molecular flexibility index (Phi) is 7.79. The SMILES string of the molecule is Cc1cc(C2CCN(C(=O)[C@H]3CN(C(C)(C)C)CC3c3ccc(F)cc3F)CC2)n(-c2ccc(Cl)c(Cl)c2)n1. The number of carbonyl (C=O) groups is 1. The Bertz CT molecular complexity index is 1380. The summed E-state index contributed by atoms with van der Waals surface area (Å²) in [5, 5.41) is 5.67. The molecule has 0 aliphatic carbocycles. The molecule has 1 amide bonds. The molecule has 0 bridgehead atoms. The van der Waals surface area contributed by atoms with Crippen LogP contribution in [0.5, 0.6) is 0 Å². The van der Waals surface area contributed by atoms with Crippen molar-refractivity contribution in [3.8, 4) is 5.69 Å². The maximum Gasteiger partial charge on any atom is 0.227 e. The summed E-state index contributed by atoms with van der Waals surface area (Å²) in [4.78, 5) is 18.1. The number of amides is 1. The second-order valence-electron chi connectivity index (χ2n) is 11.8. The minimum absolute atomic E-state index is 0.0445. The normalized spacial score (nSPS) is 21.1. The van der Waals surface area contributed by atoms with E-state index in [4.69, 9.17) is 28.3 Å². The van der Waals surface area contributed by atoms with Gasteiger partial charge >= 0.3 is 0 Å². The molecule has 2 aromatic carbocycles. The molecular weight excluding hydrogens is 541 g/mol. The van der Waals surface area contributed by atoms with Gasteiger partial charge in [0.2, 0.25) is 5.91 Å². The van der Waals surface area contributed by atoms with Crippen LogP contribution in [0.1, 0.15) is 62.4 Å². The van der Waals surface area contributed by atoms with Crippen LogP contribution in [0.4, 0.5) is 8.78 Å². The lowest BCUT2D eigenvalue weighted by atomic mass is 9.86. The van der Waals surface area contributed by atoms with E-state index >= 15 is 0 Å². The molecule has 208 valence electrons. The number of carbonyl (C=O) groups excluding carboxylic acids is 1. The number of aromatic nitrogens is 2. The first kappa shape index (κ1) is 28.1. The second kappa shape index (κ2) is 10.8. The predicted molar refractivity (Wildman–Crippen MR) is 151 cm³/mol.